The fourth-order valence-corrected chi connectivity index (χ4v) is 3.94. The molecule has 0 radical (unpaired) electrons. The van der Waals surface area contributed by atoms with Gasteiger partial charge >= 0.3 is 0 Å². The third-order valence-electron chi connectivity index (χ3n) is 4.16. The van der Waals surface area contributed by atoms with E-state index in [9.17, 15) is 0 Å². The van der Waals surface area contributed by atoms with Gasteiger partial charge in [-0.05, 0) is 48.2 Å². The molecule has 1 saturated heterocycles. The van der Waals surface area contributed by atoms with Crippen molar-refractivity contribution < 1.29 is 0 Å². The van der Waals surface area contributed by atoms with Crippen molar-refractivity contribution in [1.29, 1.82) is 0 Å². The van der Waals surface area contributed by atoms with Gasteiger partial charge in [0.15, 0.2) is 0 Å². The van der Waals surface area contributed by atoms with Crippen LogP contribution in [0.2, 0.25) is 0 Å². The molecular formula is C13H20BrN3. The summed E-state index contributed by atoms with van der Waals surface area (Å²) in [6, 6.07) is 0.481. The highest BCUT2D eigenvalue weighted by Crippen LogP contribution is 2.38. The molecule has 2 fully saturated rings. The number of rotatable bonds is 2. The number of aromatic nitrogens is 2. The Morgan fingerprint density at radius 3 is 2.59 bits per heavy atom. The van der Waals surface area contributed by atoms with E-state index in [1.54, 1.807) is 0 Å². The zero-order valence-electron chi connectivity index (χ0n) is 10.1. The fourth-order valence-electron chi connectivity index (χ4n) is 3.16. The summed E-state index contributed by atoms with van der Waals surface area (Å²) in [5.74, 6) is 0.671. The van der Waals surface area contributed by atoms with Crippen LogP contribution in [0.3, 0.4) is 0 Å². The molecule has 94 valence electrons. The molecule has 0 amide bonds. The van der Waals surface area contributed by atoms with E-state index >= 15 is 0 Å². The largest absolute Gasteiger partial charge is 0.309 e. The van der Waals surface area contributed by atoms with Crippen molar-refractivity contribution in [2.75, 3.05) is 6.54 Å². The molecule has 2 N–H and O–H groups in total. The molecule has 0 spiro atoms. The zero-order chi connectivity index (χ0) is 11.7. The minimum Gasteiger partial charge on any atom is -0.309 e. The molecule has 1 atom stereocenters. The Kier molecular flexibility index (Phi) is 3.52. The van der Waals surface area contributed by atoms with Crippen LogP contribution in [-0.4, -0.2) is 16.7 Å². The van der Waals surface area contributed by atoms with E-state index in [-0.39, 0.29) is 0 Å². The summed E-state index contributed by atoms with van der Waals surface area (Å²) in [5, 5.41) is 11.4. The van der Waals surface area contributed by atoms with E-state index in [0.29, 0.717) is 12.0 Å². The third kappa shape index (κ3) is 2.29. The molecule has 1 aliphatic heterocycles. The predicted octanol–water partition coefficient (Wildman–Crippen LogP) is 3.64. The van der Waals surface area contributed by atoms with Crippen molar-refractivity contribution in [3.05, 3.63) is 15.9 Å². The van der Waals surface area contributed by atoms with Crippen molar-refractivity contribution in [3.63, 3.8) is 0 Å². The first-order chi connectivity index (χ1) is 8.36. The van der Waals surface area contributed by atoms with E-state index in [1.165, 1.54) is 60.8 Å². The van der Waals surface area contributed by atoms with Gasteiger partial charge in [0.2, 0.25) is 0 Å². The highest BCUT2D eigenvalue weighted by Gasteiger charge is 2.26. The molecule has 4 heteroatoms. The van der Waals surface area contributed by atoms with E-state index in [2.05, 4.69) is 31.4 Å². The molecule has 3 nitrogen and oxygen atoms in total. The van der Waals surface area contributed by atoms with Crippen LogP contribution in [0.1, 0.15) is 68.3 Å². The molecule has 0 aromatic carbocycles. The number of nitrogens with zero attached hydrogens (tertiary/aromatic N) is 1. The average Bonchev–Trinajstić information content (AvgIpc) is 2.99. The summed E-state index contributed by atoms with van der Waals surface area (Å²) in [5.41, 5.74) is 2.54. The third-order valence-corrected chi connectivity index (χ3v) is 4.99. The van der Waals surface area contributed by atoms with Crippen molar-refractivity contribution >= 4 is 15.9 Å². The second-order valence-electron chi connectivity index (χ2n) is 5.32. The molecule has 3 rings (SSSR count). The summed E-state index contributed by atoms with van der Waals surface area (Å²) < 4.78 is 1.24. The minimum absolute atomic E-state index is 0.481. The van der Waals surface area contributed by atoms with Crippen LogP contribution >= 0.6 is 15.9 Å². The van der Waals surface area contributed by atoms with Gasteiger partial charge < -0.3 is 5.32 Å². The quantitative estimate of drug-likeness (QED) is 0.875. The highest BCUT2D eigenvalue weighted by molar-refractivity contribution is 9.10. The standard InChI is InChI=1S/C13H20BrN3/c14-11-12(9-5-2-1-3-6-9)16-17-13(11)10-7-4-8-15-10/h9-10,15H,1-8H2,(H,16,17). The first kappa shape index (κ1) is 11.7. The molecular weight excluding hydrogens is 278 g/mol. The second-order valence-corrected chi connectivity index (χ2v) is 6.11. The lowest BCUT2D eigenvalue weighted by atomic mass is 9.87. The van der Waals surface area contributed by atoms with Crippen LogP contribution in [0.15, 0.2) is 4.47 Å². The van der Waals surface area contributed by atoms with Crippen LogP contribution in [0.25, 0.3) is 0 Å². The maximum Gasteiger partial charge on any atom is 0.0798 e. The summed E-state index contributed by atoms with van der Waals surface area (Å²) >= 11 is 3.76. The Balaban J connectivity index is 1.80. The van der Waals surface area contributed by atoms with Crippen molar-refractivity contribution in [2.45, 2.75) is 56.9 Å². The van der Waals surface area contributed by atoms with E-state index in [1.807, 2.05) is 0 Å². The van der Waals surface area contributed by atoms with E-state index in [4.69, 9.17) is 0 Å². The molecule has 1 aliphatic carbocycles. The maximum absolute atomic E-state index is 4.57. The molecule has 1 saturated carbocycles. The Hall–Kier alpha value is -0.350. The predicted molar refractivity (Wildman–Crippen MR) is 72.1 cm³/mol. The highest BCUT2D eigenvalue weighted by atomic mass is 79.9. The van der Waals surface area contributed by atoms with Crippen molar-refractivity contribution in [2.24, 2.45) is 0 Å². The first-order valence-corrected chi connectivity index (χ1v) is 7.62. The van der Waals surface area contributed by atoms with E-state index in [0.717, 1.165) is 6.54 Å². The van der Waals surface area contributed by atoms with Crippen molar-refractivity contribution in [3.8, 4) is 0 Å². The maximum atomic E-state index is 4.57. The monoisotopic (exact) mass is 297 g/mol. The summed E-state index contributed by atoms with van der Waals surface area (Å²) in [6.07, 6.45) is 9.24. The van der Waals surface area contributed by atoms with Crippen LogP contribution in [0.5, 0.6) is 0 Å². The molecule has 17 heavy (non-hydrogen) atoms. The van der Waals surface area contributed by atoms with Crippen LogP contribution in [-0.2, 0) is 0 Å². The SMILES string of the molecule is Brc1c(C2CCCCC2)n[nH]c1C1CCCN1. The topological polar surface area (TPSA) is 40.7 Å². The van der Waals surface area contributed by atoms with Gasteiger partial charge in [-0.1, -0.05) is 19.3 Å². The molecule has 1 unspecified atom stereocenters. The Labute approximate surface area is 111 Å². The number of H-pyrrole nitrogens is 1. The lowest BCUT2D eigenvalue weighted by Crippen LogP contribution is -2.13. The van der Waals surface area contributed by atoms with Gasteiger partial charge in [0, 0.05) is 5.92 Å². The summed E-state index contributed by atoms with van der Waals surface area (Å²) in [4.78, 5) is 0. The molecule has 1 aromatic rings. The minimum atomic E-state index is 0.481. The number of nitrogens with one attached hydrogen (secondary N) is 2. The van der Waals surface area contributed by atoms with Gasteiger partial charge in [-0.25, -0.2) is 0 Å². The van der Waals surface area contributed by atoms with Crippen LogP contribution < -0.4 is 5.32 Å². The molecule has 2 heterocycles. The van der Waals surface area contributed by atoms with Gasteiger partial charge in [0.05, 0.1) is 21.9 Å². The van der Waals surface area contributed by atoms with Crippen LogP contribution in [0, 0.1) is 0 Å². The Morgan fingerprint density at radius 1 is 1.06 bits per heavy atom. The molecule has 2 aliphatic rings. The van der Waals surface area contributed by atoms with Gasteiger partial charge in [-0.15, -0.1) is 0 Å². The van der Waals surface area contributed by atoms with Gasteiger partial charge in [-0.2, -0.15) is 5.10 Å². The number of halogens is 1. The lowest BCUT2D eigenvalue weighted by Gasteiger charge is -2.20. The smallest absolute Gasteiger partial charge is 0.0798 e. The van der Waals surface area contributed by atoms with Gasteiger partial charge in [0.1, 0.15) is 0 Å². The van der Waals surface area contributed by atoms with Crippen LogP contribution in [0.4, 0.5) is 0 Å². The average molecular weight is 298 g/mol. The fraction of sp³-hybridized carbons (Fsp3) is 0.769. The second kappa shape index (κ2) is 5.11. The Morgan fingerprint density at radius 2 is 1.88 bits per heavy atom. The van der Waals surface area contributed by atoms with E-state index < -0.39 is 0 Å². The zero-order valence-corrected chi connectivity index (χ0v) is 11.7. The molecule has 0 bridgehead atoms. The van der Waals surface area contributed by atoms with Gasteiger partial charge in [-0.3, -0.25) is 5.10 Å². The van der Waals surface area contributed by atoms with Gasteiger partial charge in [0.25, 0.3) is 0 Å². The number of hydrogen-bond acceptors (Lipinski definition) is 2. The van der Waals surface area contributed by atoms with Crippen molar-refractivity contribution in [1.82, 2.24) is 15.5 Å². The Bertz CT molecular complexity index is 376. The summed E-state index contributed by atoms with van der Waals surface area (Å²) in [7, 11) is 0. The molecule has 1 aromatic heterocycles. The first-order valence-electron chi connectivity index (χ1n) is 6.83. The summed E-state index contributed by atoms with van der Waals surface area (Å²) in [6.45, 7) is 1.13. The normalized spacial score (nSPS) is 26.5. The number of aromatic amines is 1. The lowest BCUT2D eigenvalue weighted by molar-refractivity contribution is 0.435. The number of hydrogen-bond donors (Lipinski definition) is 2.